The van der Waals surface area contributed by atoms with Crippen LogP contribution in [0.2, 0.25) is 15.1 Å². The summed E-state index contributed by atoms with van der Waals surface area (Å²) in [4.78, 5) is 28.3. The number of carbonyl (C=O) groups excluding carboxylic acids is 2. The van der Waals surface area contributed by atoms with Gasteiger partial charge in [-0.2, -0.15) is 0 Å². The van der Waals surface area contributed by atoms with Gasteiger partial charge in [0.25, 0.3) is 0 Å². The third kappa shape index (κ3) is 7.51. The van der Waals surface area contributed by atoms with Crippen LogP contribution in [0.4, 0.5) is 5.69 Å². The van der Waals surface area contributed by atoms with Gasteiger partial charge in [0.2, 0.25) is 21.8 Å². The molecule has 36 heavy (non-hydrogen) atoms. The van der Waals surface area contributed by atoms with E-state index in [1.807, 2.05) is 13.8 Å². The van der Waals surface area contributed by atoms with Crippen LogP contribution in [0.15, 0.2) is 36.4 Å². The molecule has 0 saturated carbocycles. The van der Waals surface area contributed by atoms with E-state index in [2.05, 4.69) is 5.32 Å². The van der Waals surface area contributed by atoms with Gasteiger partial charge in [0.1, 0.15) is 12.6 Å². The molecule has 0 radical (unpaired) electrons. The fourth-order valence-corrected chi connectivity index (χ4v) is 5.26. The minimum Gasteiger partial charge on any atom is -0.352 e. The van der Waals surface area contributed by atoms with E-state index in [-0.39, 0.29) is 24.2 Å². The fourth-order valence-electron chi connectivity index (χ4n) is 3.68. The molecule has 0 heterocycles. The third-order valence-corrected chi connectivity index (χ3v) is 8.21. The van der Waals surface area contributed by atoms with Crippen molar-refractivity contribution in [2.24, 2.45) is 0 Å². The highest BCUT2D eigenvalue weighted by atomic mass is 35.5. The lowest BCUT2D eigenvalue weighted by atomic mass is 10.1. The van der Waals surface area contributed by atoms with Crippen molar-refractivity contribution in [3.05, 3.63) is 62.6 Å². The first-order chi connectivity index (χ1) is 16.8. The second kappa shape index (κ2) is 13.0. The number of rotatable bonds is 11. The Morgan fingerprint density at radius 1 is 0.972 bits per heavy atom. The Kier molecular flexibility index (Phi) is 10.9. The number of hydrogen-bond acceptors (Lipinski definition) is 4. The molecule has 2 aromatic rings. The van der Waals surface area contributed by atoms with E-state index in [0.29, 0.717) is 39.0 Å². The van der Waals surface area contributed by atoms with Crippen molar-refractivity contribution >= 4 is 62.3 Å². The molecular weight excluding hydrogens is 545 g/mol. The van der Waals surface area contributed by atoms with E-state index in [0.717, 1.165) is 10.6 Å². The van der Waals surface area contributed by atoms with Crippen molar-refractivity contribution in [1.29, 1.82) is 0 Å². The molecule has 2 aromatic carbocycles. The van der Waals surface area contributed by atoms with Gasteiger partial charge >= 0.3 is 0 Å². The SMILES string of the molecule is CC[C@@H](C)NC(=O)[C@H](CC)N(Cc1c(Cl)cccc1Cl)C(=O)CN(c1cccc(Cl)c1C)S(C)(=O)=O. The summed E-state index contributed by atoms with van der Waals surface area (Å²) in [6, 6.07) is 8.82. The van der Waals surface area contributed by atoms with Crippen molar-refractivity contribution in [2.75, 3.05) is 17.1 Å². The van der Waals surface area contributed by atoms with Crippen LogP contribution in [0.1, 0.15) is 44.7 Å². The number of carbonyl (C=O) groups is 2. The Labute approximate surface area is 228 Å². The average Bonchev–Trinajstić information content (AvgIpc) is 2.80. The Morgan fingerprint density at radius 2 is 1.53 bits per heavy atom. The van der Waals surface area contributed by atoms with E-state index in [1.165, 1.54) is 4.90 Å². The highest BCUT2D eigenvalue weighted by Crippen LogP contribution is 2.30. The van der Waals surface area contributed by atoms with Gasteiger partial charge in [-0.15, -0.1) is 0 Å². The molecule has 0 saturated heterocycles. The van der Waals surface area contributed by atoms with E-state index in [4.69, 9.17) is 34.8 Å². The number of sulfonamides is 1. The number of nitrogens with zero attached hydrogens (tertiary/aromatic N) is 2. The monoisotopic (exact) mass is 575 g/mol. The van der Waals surface area contributed by atoms with Gasteiger partial charge < -0.3 is 10.2 Å². The lowest BCUT2D eigenvalue weighted by molar-refractivity contribution is -0.140. The fraction of sp³-hybridized carbons (Fsp3) is 0.440. The van der Waals surface area contributed by atoms with Crippen molar-refractivity contribution in [2.45, 2.75) is 59.2 Å². The summed E-state index contributed by atoms with van der Waals surface area (Å²) in [7, 11) is -3.88. The zero-order chi connectivity index (χ0) is 27.2. The van der Waals surface area contributed by atoms with Crippen molar-refractivity contribution in [3.8, 4) is 0 Å². The molecule has 0 unspecified atom stereocenters. The highest BCUT2D eigenvalue weighted by Gasteiger charge is 2.33. The second-order valence-corrected chi connectivity index (χ2v) is 11.7. The van der Waals surface area contributed by atoms with Crippen LogP contribution >= 0.6 is 34.8 Å². The molecule has 0 fully saturated rings. The normalized spacial score (nSPS) is 13.1. The number of halogens is 3. The maximum absolute atomic E-state index is 13.8. The molecule has 2 atom stereocenters. The first-order valence-corrected chi connectivity index (χ1v) is 14.5. The molecule has 11 heteroatoms. The molecule has 1 N–H and O–H groups in total. The summed E-state index contributed by atoms with van der Waals surface area (Å²) in [5, 5.41) is 3.96. The van der Waals surface area contributed by atoms with Gasteiger partial charge in [-0.05, 0) is 56.5 Å². The summed E-state index contributed by atoms with van der Waals surface area (Å²) < 4.78 is 26.5. The van der Waals surface area contributed by atoms with Crippen LogP contribution in [0.25, 0.3) is 0 Å². The van der Waals surface area contributed by atoms with E-state index < -0.39 is 28.5 Å². The predicted octanol–water partition coefficient (Wildman–Crippen LogP) is 5.44. The van der Waals surface area contributed by atoms with Crippen LogP contribution in [-0.4, -0.2) is 50.0 Å². The summed E-state index contributed by atoms with van der Waals surface area (Å²) in [6.07, 6.45) is 2.02. The molecular formula is C25H32Cl3N3O4S. The molecule has 0 aliphatic heterocycles. The van der Waals surface area contributed by atoms with E-state index in [9.17, 15) is 18.0 Å². The molecule has 198 valence electrons. The Hall–Kier alpha value is -2.00. The lowest BCUT2D eigenvalue weighted by Crippen LogP contribution is -2.53. The van der Waals surface area contributed by atoms with Crippen LogP contribution in [0, 0.1) is 6.92 Å². The zero-order valence-electron chi connectivity index (χ0n) is 21.0. The minimum atomic E-state index is -3.88. The molecule has 0 bridgehead atoms. The van der Waals surface area contributed by atoms with Crippen molar-refractivity contribution in [3.63, 3.8) is 0 Å². The van der Waals surface area contributed by atoms with Gasteiger partial charge in [-0.1, -0.05) is 60.8 Å². The highest BCUT2D eigenvalue weighted by molar-refractivity contribution is 7.92. The van der Waals surface area contributed by atoms with Crippen LogP contribution < -0.4 is 9.62 Å². The van der Waals surface area contributed by atoms with E-state index >= 15 is 0 Å². The van der Waals surface area contributed by atoms with Crippen LogP contribution in [-0.2, 0) is 26.2 Å². The molecule has 0 spiro atoms. The lowest BCUT2D eigenvalue weighted by Gasteiger charge is -2.34. The van der Waals surface area contributed by atoms with Crippen molar-refractivity contribution in [1.82, 2.24) is 10.2 Å². The molecule has 0 aromatic heterocycles. The Balaban J connectivity index is 2.55. The first-order valence-electron chi connectivity index (χ1n) is 11.6. The topological polar surface area (TPSA) is 86.8 Å². The Bertz CT molecular complexity index is 1190. The maximum Gasteiger partial charge on any atom is 0.244 e. The molecule has 0 aliphatic rings. The smallest absolute Gasteiger partial charge is 0.244 e. The van der Waals surface area contributed by atoms with Gasteiger partial charge in [-0.3, -0.25) is 13.9 Å². The Morgan fingerprint density at radius 3 is 2.06 bits per heavy atom. The van der Waals surface area contributed by atoms with Gasteiger partial charge in [0, 0.05) is 33.2 Å². The summed E-state index contributed by atoms with van der Waals surface area (Å²) in [6.45, 7) is 6.66. The number of amides is 2. The van der Waals surface area contributed by atoms with Gasteiger partial charge in [0.05, 0.1) is 11.9 Å². The number of hydrogen-bond donors (Lipinski definition) is 1. The molecule has 2 rings (SSSR count). The number of benzene rings is 2. The van der Waals surface area contributed by atoms with Crippen LogP contribution in [0.5, 0.6) is 0 Å². The summed E-state index contributed by atoms with van der Waals surface area (Å²) in [5.41, 5.74) is 1.26. The number of anilines is 1. The molecule has 7 nitrogen and oxygen atoms in total. The summed E-state index contributed by atoms with van der Waals surface area (Å²) in [5.74, 6) is -0.921. The third-order valence-electron chi connectivity index (χ3n) is 5.96. The zero-order valence-corrected chi connectivity index (χ0v) is 24.1. The second-order valence-electron chi connectivity index (χ2n) is 8.62. The van der Waals surface area contributed by atoms with Crippen molar-refractivity contribution < 1.29 is 18.0 Å². The summed E-state index contributed by atoms with van der Waals surface area (Å²) >= 11 is 19.0. The average molecular weight is 577 g/mol. The largest absolute Gasteiger partial charge is 0.352 e. The first kappa shape index (κ1) is 30.2. The standard InChI is InChI=1S/C25H32Cl3N3O4S/c1-6-16(3)29-25(33)22(7-2)30(14-18-20(27)11-8-12-21(18)28)24(32)15-31(36(5,34)35)23-13-9-10-19(26)17(23)4/h8-13,16,22H,6-7,14-15H2,1-5H3,(H,29,33)/t16-,22+/m1/s1. The quantitative estimate of drug-likeness (QED) is 0.386. The van der Waals surface area contributed by atoms with Gasteiger partial charge in [0.15, 0.2) is 0 Å². The minimum absolute atomic E-state index is 0.0735. The van der Waals surface area contributed by atoms with E-state index in [1.54, 1.807) is 50.2 Å². The molecule has 0 aliphatic carbocycles. The molecule has 2 amide bonds. The van der Waals surface area contributed by atoms with Crippen LogP contribution in [0.3, 0.4) is 0 Å². The predicted molar refractivity (Wildman–Crippen MR) is 147 cm³/mol. The maximum atomic E-state index is 13.8. The number of nitrogens with one attached hydrogen (secondary N) is 1. The van der Waals surface area contributed by atoms with Gasteiger partial charge in [-0.25, -0.2) is 8.42 Å².